The van der Waals surface area contributed by atoms with Gasteiger partial charge in [0.05, 0.1) is 17.9 Å². The van der Waals surface area contributed by atoms with E-state index in [1.54, 1.807) is 0 Å². The number of nitrogens with zero attached hydrogens (tertiary/aromatic N) is 2. The van der Waals surface area contributed by atoms with Gasteiger partial charge in [-0.2, -0.15) is 0 Å². The molecule has 0 unspecified atom stereocenters. The van der Waals surface area contributed by atoms with Gasteiger partial charge in [-0.15, -0.1) is 0 Å². The van der Waals surface area contributed by atoms with E-state index in [0.717, 1.165) is 24.5 Å². The molecule has 20 heavy (non-hydrogen) atoms. The maximum absolute atomic E-state index is 5.68. The minimum atomic E-state index is 0.504. The van der Waals surface area contributed by atoms with Crippen LogP contribution in [0.2, 0.25) is 0 Å². The third-order valence-electron chi connectivity index (χ3n) is 3.88. The molecule has 0 aliphatic carbocycles. The molecule has 2 aromatic rings. The van der Waals surface area contributed by atoms with Crippen LogP contribution in [0.3, 0.4) is 0 Å². The Balaban J connectivity index is 1.86. The third kappa shape index (κ3) is 2.83. The third-order valence-corrected chi connectivity index (χ3v) is 3.88. The predicted molar refractivity (Wildman–Crippen MR) is 82.6 cm³/mol. The van der Waals surface area contributed by atoms with Crippen molar-refractivity contribution in [3.63, 3.8) is 0 Å². The van der Waals surface area contributed by atoms with Crippen molar-refractivity contribution in [2.75, 3.05) is 11.4 Å². The predicted octanol–water partition coefficient (Wildman–Crippen LogP) is 2.88. The fraction of sp³-hybridized carbons (Fsp3) is 0.353. The molecule has 104 valence electrons. The smallest absolute Gasteiger partial charge is 0.0602 e. The van der Waals surface area contributed by atoms with Crippen LogP contribution in [-0.4, -0.2) is 11.5 Å². The molecule has 1 aliphatic heterocycles. The second-order valence-corrected chi connectivity index (χ2v) is 5.33. The van der Waals surface area contributed by atoms with Gasteiger partial charge >= 0.3 is 0 Å². The first-order chi connectivity index (χ1) is 9.86. The summed E-state index contributed by atoms with van der Waals surface area (Å²) >= 11 is 0. The highest BCUT2D eigenvalue weighted by atomic mass is 15.1. The Labute approximate surface area is 120 Å². The molecule has 1 aliphatic rings. The van der Waals surface area contributed by atoms with Gasteiger partial charge in [-0.3, -0.25) is 4.98 Å². The van der Waals surface area contributed by atoms with E-state index in [9.17, 15) is 0 Å². The molecule has 0 bridgehead atoms. The molecule has 0 atom stereocenters. The lowest BCUT2D eigenvalue weighted by atomic mass is 10.1. The molecular weight excluding hydrogens is 246 g/mol. The summed E-state index contributed by atoms with van der Waals surface area (Å²) in [5, 5.41) is 0. The summed E-state index contributed by atoms with van der Waals surface area (Å²) in [5.41, 5.74) is 10.6. The number of benzene rings is 1. The summed E-state index contributed by atoms with van der Waals surface area (Å²) in [5.74, 6) is 0. The number of aryl methyl sites for hydroxylation is 1. The van der Waals surface area contributed by atoms with Crippen LogP contribution in [0, 0.1) is 0 Å². The minimum Gasteiger partial charge on any atom is -0.365 e. The van der Waals surface area contributed by atoms with Crippen LogP contribution in [0.15, 0.2) is 42.5 Å². The summed E-state index contributed by atoms with van der Waals surface area (Å²) in [6.45, 7) is 2.47. The lowest BCUT2D eigenvalue weighted by Crippen LogP contribution is -2.24. The number of pyridine rings is 1. The van der Waals surface area contributed by atoms with Crippen LogP contribution in [-0.2, 0) is 19.5 Å². The van der Waals surface area contributed by atoms with E-state index in [0.29, 0.717) is 6.54 Å². The van der Waals surface area contributed by atoms with Crippen LogP contribution in [0.25, 0.3) is 0 Å². The van der Waals surface area contributed by atoms with Gasteiger partial charge in [0.1, 0.15) is 0 Å². The van der Waals surface area contributed by atoms with Gasteiger partial charge in [-0.25, -0.2) is 0 Å². The average molecular weight is 267 g/mol. The normalized spacial score (nSPS) is 14.8. The van der Waals surface area contributed by atoms with Crippen LogP contribution >= 0.6 is 0 Å². The van der Waals surface area contributed by atoms with E-state index in [4.69, 9.17) is 5.73 Å². The summed E-state index contributed by atoms with van der Waals surface area (Å²) in [6, 6.07) is 14.9. The van der Waals surface area contributed by atoms with Crippen molar-refractivity contribution in [1.29, 1.82) is 0 Å². The molecule has 2 heterocycles. The van der Waals surface area contributed by atoms with Crippen molar-refractivity contribution in [3.8, 4) is 0 Å². The largest absolute Gasteiger partial charge is 0.365 e. The molecule has 0 saturated carbocycles. The summed E-state index contributed by atoms with van der Waals surface area (Å²) in [6.07, 6.45) is 3.69. The number of aromatic nitrogens is 1. The summed E-state index contributed by atoms with van der Waals surface area (Å²) in [4.78, 5) is 7.07. The number of anilines is 1. The molecule has 0 saturated heterocycles. The van der Waals surface area contributed by atoms with Gasteiger partial charge < -0.3 is 10.6 Å². The van der Waals surface area contributed by atoms with Crippen molar-refractivity contribution in [1.82, 2.24) is 4.98 Å². The number of hydrogen-bond acceptors (Lipinski definition) is 3. The first kappa shape index (κ1) is 13.1. The molecule has 3 heteroatoms. The topological polar surface area (TPSA) is 42.1 Å². The van der Waals surface area contributed by atoms with E-state index in [1.807, 2.05) is 12.1 Å². The summed E-state index contributed by atoms with van der Waals surface area (Å²) in [7, 11) is 0. The molecule has 0 radical (unpaired) electrons. The Kier molecular flexibility index (Phi) is 3.97. The SMILES string of the molecule is NCc1cccc(CN2CCCCc3ccccc32)n1. The Hall–Kier alpha value is -1.87. The quantitative estimate of drug-likeness (QED) is 0.929. The maximum atomic E-state index is 5.68. The van der Waals surface area contributed by atoms with Crippen LogP contribution in [0.4, 0.5) is 5.69 Å². The Morgan fingerprint density at radius 1 is 1.00 bits per heavy atom. The highest BCUT2D eigenvalue weighted by molar-refractivity contribution is 5.54. The fourth-order valence-electron chi connectivity index (χ4n) is 2.86. The van der Waals surface area contributed by atoms with E-state index in [-0.39, 0.29) is 0 Å². The molecule has 1 aromatic heterocycles. The van der Waals surface area contributed by atoms with E-state index in [2.05, 4.69) is 40.2 Å². The molecule has 3 rings (SSSR count). The van der Waals surface area contributed by atoms with Crippen molar-refractivity contribution in [2.24, 2.45) is 5.73 Å². The van der Waals surface area contributed by atoms with Crippen molar-refractivity contribution >= 4 is 5.69 Å². The van der Waals surface area contributed by atoms with Crippen molar-refractivity contribution in [2.45, 2.75) is 32.4 Å². The zero-order valence-corrected chi connectivity index (χ0v) is 11.8. The molecule has 0 amide bonds. The van der Waals surface area contributed by atoms with Crippen molar-refractivity contribution < 1.29 is 0 Å². The second kappa shape index (κ2) is 6.06. The van der Waals surface area contributed by atoms with Crippen molar-refractivity contribution in [3.05, 3.63) is 59.4 Å². The lowest BCUT2D eigenvalue weighted by Gasteiger charge is -2.24. The van der Waals surface area contributed by atoms with E-state index in [1.165, 1.54) is 30.5 Å². The van der Waals surface area contributed by atoms with Gasteiger partial charge in [0.25, 0.3) is 0 Å². The van der Waals surface area contributed by atoms with Crippen LogP contribution < -0.4 is 10.6 Å². The standard InChI is InChI=1S/C17H21N3/c18-12-15-8-5-9-16(19-15)13-20-11-4-3-7-14-6-1-2-10-17(14)20/h1-2,5-6,8-10H,3-4,7,11-13,18H2. The first-order valence-electron chi connectivity index (χ1n) is 7.34. The number of nitrogens with two attached hydrogens (primary N) is 1. The maximum Gasteiger partial charge on any atom is 0.0602 e. The number of rotatable bonds is 3. The van der Waals surface area contributed by atoms with Gasteiger partial charge in [0.2, 0.25) is 0 Å². The monoisotopic (exact) mass is 267 g/mol. The van der Waals surface area contributed by atoms with Gasteiger partial charge in [-0.1, -0.05) is 24.3 Å². The minimum absolute atomic E-state index is 0.504. The van der Waals surface area contributed by atoms with Gasteiger partial charge in [-0.05, 0) is 43.0 Å². The molecule has 0 spiro atoms. The number of hydrogen-bond donors (Lipinski definition) is 1. The average Bonchev–Trinajstić information content (AvgIpc) is 2.70. The Morgan fingerprint density at radius 3 is 2.75 bits per heavy atom. The molecule has 2 N–H and O–H groups in total. The second-order valence-electron chi connectivity index (χ2n) is 5.33. The molecular formula is C17H21N3. The molecule has 1 aromatic carbocycles. The molecule has 0 fully saturated rings. The zero-order valence-electron chi connectivity index (χ0n) is 11.8. The zero-order chi connectivity index (χ0) is 13.8. The highest BCUT2D eigenvalue weighted by Crippen LogP contribution is 2.27. The number of para-hydroxylation sites is 1. The van der Waals surface area contributed by atoms with E-state index < -0.39 is 0 Å². The first-order valence-corrected chi connectivity index (χ1v) is 7.34. The van der Waals surface area contributed by atoms with Crippen LogP contribution in [0.1, 0.15) is 29.8 Å². The van der Waals surface area contributed by atoms with Gasteiger partial charge in [0.15, 0.2) is 0 Å². The van der Waals surface area contributed by atoms with E-state index >= 15 is 0 Å². The Morgan fingerprint density at radius 2 is 1.85 bits per heavy atom. The highest BCUT2D eigenvalue weighted by Gasteiger charge is 2.15. The lowest BCUT2D eigenvalue weighted by molar-refractivity contribution is 0.706. The molecule has 3 nitrogen and oxygen atoms in total. The summed E-state index contributed by atoms with van der Waals surface area (Å²) < 4.78 is 0. The van der Waals surface area contributed by atoms with Gasteiger partial charge in [0, 0.05) is 18.8 Å². The number of fused-ring (bicyclic) bond motifs is 1. The Bertz CT molecular complexity index is 580. The van der Waals surface area contributed by atoms with Crippen LogP contribution in [0.5, 0.6) is 0 Å². The fourth-order valence-corrected chi connectivity index (χ4v) is 2.86.